The number of benzene rings is 1. The normalized spacial score (nSPS) is 11.9. The summed E-state index contributed by atoms with van der Waals surface area (Å²) in [6.07, 6.45) is 1.34. The molecule has 11 heteroatoms. The molecule has 0 atom stereocenters. The minimum Gasteiger partial charge on any atom is -0.384 e. The third-order valence-corrected chi connectivity index (χ3v) is 5.80. The minimum absolute atomic E-state index is 0.00777. The van der Waals surface area contributed by atoms with Crippen LogP contribution in [0.4, 0.5) is 11.6 Å². The van der Waals surface area contributed by atoms with Crippen molar-refractivity contribution in [3.05, 3.63) is 65.3 Å². The average molecular weight is 410 g/mol. The van der Waals surface area contributed by atoms with Crippen LogP contribution in [-0.4, -0.2) is 41.9 Å². The predicted octanol–water partition coefficient (Wildman–Crippen LogP) is 0.190. The second-order valence-corrected chi connectivity index (χ2v) is 9.43. The van der Waals surface area contributed by atoms with Gasteiger partial charge in [0.05, 0.1) is 39.2 Å². The Kier molecular flexibility index (Phi) is 5.45. The van der Waals surface area contributed by atoms with E-state index < -0.39 is 10.0 Å². The van der Waals surface area contributed by atoms with Crippen LogP contribution < -0.4 is 10.5 Å². The number of halogens is 1. The summed E-state index contributed by atoms with van der Waals surface area (Å²) in [5, 5.41) is 0.305. The first-order chi connectivity index (χ1) is 13.1. The Balaban J connectivity index is 2.04. The van der Waals surface area contributed by atoms with Crippen LogP contribution in [0.1, 0.15) is 5.56 Å². The molecule has 0 aliphatic rings. The van der Waals surface area contributed by atoms with E-state index in [2.05, 4.69) is 38.2 Å². The Morgan fingerprint density at radius 1 is 1.07 bits per heavy atom. The molecule has 0 radical (unpaired) electrons. The number of nitrogens with one attached hydrogen (secondary N) is 1. The van der Waals surface area contributed by atoms with Crippen molar-refractivity contribution in [3.63, 3.8) is 0 Å². The van der Waals surface area contributed by atoms with E-state index in [4.69, 9.17) is 17.3 Å². The highest BCUT2D eigenvalue weighted by molar-refractivity contribution is 7.92. The average Bonchev–Trinajstić information content (AvgIpc) is 2.62. The van der Waals surface area contributed by atoms with Gasteiger partial charge in [-0.15, -0.1) is 0 Å². The van der Waals surface area contributed by atoms with Crippen molar-refractivity contribution in [1.82, 2.24) is 9.97 Å². The molecular weight excluding hydrogens is 392 g/mol. The molecule has 0 unspecified atom stereocenters. The highest BCUT2D eigenvalue weighted by Gasteiger charge is 2.22. The van der Waals surface area contributed by atoms with Gasteiger partial charge in [-0.1, -0.05) is 46.5 Å². The third-order valence-electron chi connectivity index (χ3n) is 4.14. The number of pyridine rings is 2. The number of anilines is 2. The summed E-state index contributed by atoms with van der Waals surface area (Å²) >= 11 is 6.40. The summed E-state index contributed by atoms with van der Waals surface area (Å²) in [4.78, 5) is 8.30. The number of aromatic nitrogens is 2. The molecule has 1 aromatic carbocycles. The van der Waals surface area contributed by atoms with Crippen LogP contribution in [-0.2, 0) is 15.1 Å². The van der Waals surface area contributed by atoms with E-state index in [1.54, 1.807) is 6.07 Å². The number of sulfonamides is 1. The van der Waals surface area contributed by atoms with E-state index in [1.165, 1.54) is 24.4 Å². The summed E-state index contributed by atoms with van der Waals surface area (Å²) in [7, 11) is 2.43. The molecule has 0 saturated carbocycles. The molecule has 3 rings (SSSR count). The first-order valence-corrected chi connectivity index (χ1v) is 10.4. The topological polar surface area (TPSA) is 98.0 Å². The van der Waals surface area contributed by atoms with E-state index >= 15 is 0 Å². The molecule has 28 heavy (non-hydrogen) atoms. The monoisotopic (exact) mass is 410 g/mol. The Morgan fingerprint density at radius 2 is 1.79 bits per heavy atom. The molecule has 3 aromatic rings. The number of hydrogen-bond donors (Lipinski definition) is 2. The van der Waals surface area contributed by atoms with Gasteiger partial charge < -0.3 is 5.73 Å². The van der Waals surface area contributed by atoms with Crippen molar-refractivity contribution >= 4 is 56.8 Å². The van der Waals surface area contributed by atoms with Crippen molar-refractivity contribution in [3.8, 4) is 11.3 Å². The number of nitrogens with two attached hydrogens (primary N) is 1. The molecule has 2 heterocycles. The van der Waals surface area contributed by atoms with E-state index in [-0.39, 0.29) is 21.6 Å². The van der Waals surface area contributed by atoms with Gasteiger partial charge in [0, 0.05) is 17.8 Å². The van der Waals surface area contributed by atoms with Crippen LogP contribution >= 0.6 is 11.6 Å². The van der Waals surface area contributed by atoms with Gasteiger partial charge in [-0.3, -0.25) is 4.72 Å². The summed E-state index contributed by atoms with van der Waals surface area (Å²) in [5.41, 5.74) is 8.02. The predicted molar refractivity (Wildman–Crippen MR) is 121 cm³/mol. The maximum absolute atomic E-state index is 12.6. The van der Waals surface area contributed by atoms with Crippen LogP contribution in [0.15, 0.2) is 59.6 Å². The summed E-state index contributed by atoms with van der Waals surface area (Å²) in [6, 6.07) is 13.6. The first-order valence-electron chi connectivity index (χ1n) is 8.59. The van der Waals surface area contributed by atoms with Gasteiger partial charge in [0.15, 0.2) is 0 Å². The van der Waals surface area contributed by atoms with E-state index in [0.29, 0.717) is 10.7 Å². The molecule has 3 N–H and O–H groups in total. The summed E-state index contributed by atoms with van der Waals surface area (Å²) in [6.45, 7) is 0. The standard InChI is InChI=1S/C17H18B3ClN4O2S/c18-17(19,20)12-4-2-1-3-11(12)16-13(21)5-6-15(24-16)25-28(26,27)10-7-8-23-14(22)9-10/h1-9H,18-20H2,(H2,22,23)(H,24,25). The molecule has 0 spiro atoms. The smallest absolute Gasteiger partial charge is 0.263 e. The van der Waals surface area contributed by atoms with E-state index in [9.17, 15) is 8.42 Å². The highest BCUT2D eigenvalue weighted by atomic mass is 35.5. The van der Waals surface area contributed by atoms with Crippen molar-refractivity contribution in [2.75, 3.05) is 10.5 Å². The van der Waals surface area contributed by atoms with E-state index in [1.807, 2.05) is 24.3 Å². The molecule has 0 aliphatic carbocycles. The van der Waals surface area contributed by atoms with Gasteiger partial charge in [-0.25, -0.2) is 18.4 Å². The Morgan fingerprint density at radius 3 is 2.46 bits per heavy atom. The van der Waals surface area contributed by atoms with Crippen molar-refractivity contribution in [2.24, 2.45) is 0 Å². The zero-order chi connectivity index (χ0) is 20.5. The summed E-state index contributed by atoms with van der Waals surface area (Å²) < 4.78 is 27.8. The molecule has 140 valence electrons. The summed E-state index contributed by atoms with van der Waals surface area (Å²) in [5.74, 6) is 0.283. The largest absolute Gasteiger partial charge is 0.384 e. The Hall–Kier alpha value is -2.45. The zero-order valence-corrected chi connectivity index (χ0v) is 17.3. The number of rotatable bonds is 5. The number of nitrogen functional groups attached to an aromatic ring is 1. The fourth-order valence-electron chi connectivity index (χ4n) is 2.82. The quantitative estimate of drug-likeness (QED) is 0.586. The number of nitrogens with zero attached hydrogens (tertiary/aromatic N) is 2. The number of hydrogen-bond acceptors (Lipinski definition) is 5. The van der Waals surface area contributed by atoms with Crippen LogP contribution in [0.3, 0.4) is 0 Å². The molecule has 6 nitrogen and oxygen atoms in total. The molecule has 0 saturated heterocycles. The Labute approximate surface area is 172 Å². The lowest BCUT2D eigenvalue weighted by molar-refractivity contribution is 0.601. The lowest BCUT2D eigenvalue weighted by Crippen LogP contribution is -2.27. The van der Waals surface area contributed by atoms with Crippen molar-refractivity contribution in [2.45, 2.75) is 10.0 Å². The van der Waals surface area contributed by atoms with Gasteiger partial charge in [0.2, 0.25) is 0 Å². The molecule has 0 fully saturated rings. The third kappa shape index (κ3) is 4.34. The van der Waals surface area contributed by atoms with Crippen LogP contribution in [0, 0.1) is 0 Å². The molecule has 0 amide bonds. The first kappa shape index (κ1) is 20.3. The van der Waals surface area contributed by atoms with Crippen LogP contribution in [0.2, 0.25) is 5.02 Å². The Bertz CT molecular complexity index is 1140. The SMILES string of the molecule is BC(B)(B)c1ccccc1-c1nc(NS(=O)(=O)c2ccnc(N)c2)ccc1Cl. The van der Waals surface area contributed by atoms with Gasteiger partial charge in [0.25, 0.3) is 10.0 Å². The van der Waals surface area contributed by atoms with Crippen LogP contribution in [0.5, 0.6) is 0 Å². The second-order valence-electron chi connectivity index (χ2n) is 7.34. The minimum atomic E-state index is -3.86. The fraction of sp³-hybridized carbons (Fsp3) is 0.0588. The van der Waals surface area contributed by atoms with E-state index in [0.717, 1.165) is 11.1 Å². The van der Waals surface area contributed by atoms with Gasteiger partial charge in [0.1, 0.15) is 11.6 Å². The van der Waals surface area contributed by atoms with Crippen LogP contribution in [0.25, 0.3) is 11.3 Å². The maximum atomic E-state index is 12.6. The van der Waals surface area contributed by atoms with Crippen molar-refractivity contribution in [1.29, 1.82) is 0 Å². The second kappa shape index (κ2) is 7.52. The lowest BCUT2D eigenvalue weighted by Gasteiger charge is -2.23. The van der Waals surface area contributed by atoms with Crippen molar-refractivity contribution < 1.29 is 8.42 Å². The lowest BCUT2D eigenvalue weighted by atomic mass is 9.39. The van der Waals surface area contributed by atoms with Gasteiger partial charge >= 0.3 is 0 Å². The van der Waals surface area contributed by atoms with Gasteiger partial charge in [-0.2, -0.15) is 0 Å². The molecule has 0 aliphatic heterocycles. The molecule has 0 bridgehead atoms. The highest BCUT2D eigenvalue weighted by Crippen LogP contribution is 2.33. The zero-order valence-electron chi connectivity index (χ0n) is 15.8. The maximum Gasteiger partial charge on any atom is 0.263 e. The molecule has 2 aromatic heterocycles. The van der Waals surface area contributed by atoms with Gasteiger partial charge in [-0.05, 0) is 18.2 Å². The fourth-order valence-corrected chi connectivity index (χ4v) is 4.05. The molecular formula is C17H18B3ClN4O2S.